The Labute approximate surface area is 115 Å². The maximum Gasteiger partial charge on any atom is 0.247 e. The van der Waals surface area contributed by atoms with Gasteiger partial charge >= 0.3 is 0 Å². The smallest absolute Gasteiger partial charge is 0.247 e. The van der Waals surface area contributed by atoms with Gasteiger partial charge in [0.25, 0.3) is 0 Å². The third kappa shape index (κ3) is 2.31. The number of benzene rings is 2. The van der Waals surface area contributed by atoms with Gasteiger partial charge in [-0.3, -0.25) is 4.79 Å². The van der Waals surface area contributed by atoms with Gasteiger partial charge in [0.15, 0.2) is 5.58 Å². The molecule has 0 atom stereocenters. The second-order valence-electron chi connectivity index (χ2n) is 4.26. The minimum absolute atomic E-state index is 0.257. The van der Waals surface area contributed by atoms with E-state index >= 15 is 0 Å². The molecule has 0 radical (unpaired) electrons. The van der Waals surface area contributed by atoms with Crippen LogP contribution in [-0.4, -0.2) is 10.9 Å². The third-order valence-electron chi connectivity index (χ3n) is 2.86. The first-order valence-corrected chi connectivity index (χ1v) is 6.16. The van der Waals surface area contributed by atoms with Gasteiger partial charge in [0.2, 0.25) is 11.8 Å². The van der Waals surface area contributed by atoms with Gasteiger partial charge in [-0.15, -0.1) is 0 Å². The Kier molecular flexibility index (Phi) is 3.05. The Morgan fingerprint density at radius 1 is 1.20 bits per heavy atom. The van der Waals surface area contributed by atoms with Gasteiger partial charge in [0, 0.05) is 17.3 Å². The maximum absolute atomic E-state index is 11.3. The van der Waals surface area contributed by atoms with Crippen molar-refractivity contribution in [2.24, 2.45) is 0 Å². The monoisotopic (exact) mass is 264 g/mol. The minimum atomic E-state index is -0.257. The number of aromatic nitrogens is 1. The predicted molar refractivity (Wildman–Crippen MR) is 78.3 cm³/mol. The van der Waals surface area contributed by atoms with Crippen molar-refractivity contribution in [2.45, 2.75) is 0 Å². The van der Waals surface area contributed by atoms with Gasteiger partial charge < -0.3 is 9.73 Å². The summed E-state index contributed by atoms with van der Waals surface area (Å²) < 4.78 is 5.72. The highest BCUT2D eigenvalue weighted by Crippen LogP contribution is 2.26. The second-order valence-corrected chi connectivity index (χ2v) is 4.26. The van der Waals surface area contributed by atoms with Crippen molar-refractivity contribution in [2.75, 3.05) is 5.32 Å². The molecule has 1 amide bonds. The van der Waals surface area contributed by atoms with Crippen LogP contribution in [-0.2, 0) is 4.79 Å². The number of rotatable bonds is 3. The summed E-state index contributed by atoms with van der Waals surface area (Å²) in [6.45, 7) is 3.42. The zero-order chi connectivity index (χ0) is 13.9. The van der Waals surface area contributed by atoms with Crippen molar-refractivity contribution < 1.29 is 9.21 Å². The van der Waals surface area contributed by atoms with E-state index in [1.54, 1.807) is 12.1 Å². The van der Waals surface area contributed by atoms with Gasteiger partial charge in [0.05, 0.1) is 0 Å². The first-order valence-electron chi connectivity index (χ1n) is 6.16. The summed E-state index contributed by atoms with van der Waals surface area (Å²) in [7, 11) is 0. The average Bonchev–Trinajstić information content (AvgIpc) is 2.91. The van der Waals surface area contributed by atoms with Crippen molar-refractivity contribution in [3.05, 3.63) is 61.2 Å². The number of nitrogens with one attached hydrogen (secondary N) is 1. The highest BCUT2D eigenvalue weighted by atomic mass is 16.3. The molecule has 4 heteroatoms. The number of hydrogen-bond acceptors (Lipinski definition) is 3. The van der Waals surface area contributed by atoms with Crippen molar-refractivity contribution in [1.82, 2.24) is 4.98 Å². The maximum atomic E-state index is 11.3. The van der Waals surface area contributed by atoms with Crippen LogP contribution in [0.25, 0.3) is 22.6 Å². The predicted octanol–water partition coefficient (Wildman–Crippen LogP) is 3.62. The van der Waals surface area contributed by atoms with Crippen LogP contribution < -0.4 is 5.32 Å². The van der Waals surface area contributed by atoms with E-state index in [0.717, 1.165) is 11.1 Å². The van der Waals surface area contributed by atoms with Crippen molar-refractivity contribution in [3.8, 4) is 11.5 Å². The fourth-order valence-corrected chi connectivity index (χ4v) is 1.90. The van der Waals surface area contributed by atoms with Gasteiger partial charge in [-0.25, -0.2) is 4.98 Å². The number of fused-ring (bicyclic) bond motifs is 1. The molecule has 1 aromatic heterocycles. The normalized spacial score (nSPS) is 10.4. The molecule has 0 aliphatic carbocycles. The first kappa shape index (κ1) is 12.2. The zero-order valence-corrected chi connectivity index (χ0v) is 10.7. The Morgan fingerprint density at radius 2 is 2.00 bits per heavy atom. The minimum Gasteiger partial charge on any atom is -0.436 e. The Morgan fingerprint density at radius 3 is 2.75 bits per heavy atom. The van der Waals surface area contributed by atoms with Crippen LogP contribution in [0.2, 0.25) is 0 Å². The van der Waals surface area contributed by atoms with E-state index in [-0.39, 0.29) is 5.91 Å². The molecule has 0 spiro atoms. The quantitative estimate of drug-likeness (QED) is 0.735. The van der Waals surface area contributed by atoms with E-state index in [0.29, 0.717) is 17.2 Å². The third-order valence-corrected chi connectivity index (χ3v) is 2.86. The van der Waals surface area contributed by atoms with Gasteiger partial charge in [0.1, 0.15) is 5.52 Å². The molecular weight excluding hydrogens is 252 g/mol. The molecule has 0 aliphatic rings. The van der Waals surface area contributed by atoms with E-state index in [2.05, 4.69) is 16.9 Å². The number of nitrogens with zero attached hydrogens (tertiary/aromatic N) is 1. The van der Waals surface area contributed by atoms with Crippen LogP contribution in [0.3, 0.4) is 0 Å². The van der Waals surface area contributed by atoms with Crippen molar-refractivity contribution in [3.63, 3.8) is 0 Å². The van der Waals surface area contributed by atoms with Crippen LogP contribution in [0.5, 0.6) is 0 Å². The van der Waals surface area contributed by atoms with E-state index in [4.69, 9.17) is 4.42 Å². The topological polar surface area (TPSA) is 55.1 Å². The molecule has 2 aromatic carbocycles. The summed E-state index contributed by atoms with van der Waals surface area (Å²) in [5, 5.41) is 2.69. The molecule has 1 N–H and O–H groups in total. The van der Waals surface area contributed by atoms with E-state index in [1.165, 1.54) is 6.08 Å². The van der Waals surface area contributed by atoms with Crippen LogP contribution in [0.4, 0.5) is 5.69 Å². The van der Waals surface area contributed by atoms with E-state index < -0.39 is 0 Å². The molecule has 0 fully saturated rings. The fraction of sp³-hybridized carbons (Fsp3) is 0. The average molecular weight is 264 g/mol. The van der Waals surface area contributed by atoms with E-state index in [1.807, 2.05) is 36.4 Å². The Hall–Kier alpha value is -2.88. The highest BCUT2D eigenvalue weighted by molar-refractivity contribution is 5.99. The first-order chi connectivity index (χ1) is 9.76. The lowest BCUT2D eigenvalue weighted by molar-refractivity contribution is -0.111. The largest absolute Gasteiger partial charge is 0.436 e. The number of amides is 1. The fourth-order valence-electron chi connectivity index (χ4n) is 1.90. The SMILES string of the molecule is C=CC(=O)Nc1ccc2nc(-c3ccccc3)oc2c1. The summed E-state index contributed by atoms with van der Waals surface area (Å²) >= 11 is 0. The van der Waals surface area contributed by atoms with Crippen LogP contribution in [0.15, 0.2) is 65.6 Å². The molecule has 1 heterocycles. The molecule has 0 saturated carbocycles. The summed E-state index contributed by atoms with van der Waals surface area (Å²) in [5.74, 6) is 0.306. The molecule has 0 saturated heterocycles. The Balaban J connectivity index is 1.99. The number of anilines is 1. The van der Waals surface area contributed by atoms with Crippen molar-refractivity contribution in [1.29, 1.82) is 0 Å². The van der Waals surface area contributed by atoms with Crippen LogP contribution in [0, 0.1) is 0 Å². The number of carbonyl (C=O) groups excluding carboxylic acids is 1. The summed E-state index contributed by atoms with van der Waals surface area (Å²) in [5.41, 5.74) is 2.95. The summed E-state index contributed by atoms with van der Waals surface area (Å²) in [6.07, 6.45) is 1.22. The van der Waals surface area contributed by atoms with E-state index in [9.17, 15) is 4.79 Å². The molecule has 0 bridgehead atoms. The lowest BCUT2D eigenvalue weighted by Gasteiger charge is -2.00. The molecular formula is C16H12N2O2. The lowest BCUT2D eigenvalue weighted by atomic mass is 10.2. The van der Waals surface area contributed by atoms with Gasteiger partial charge in [-0.1, -0.05) is 24.8 Å². The number of hydrogen-bond donors (Lipinski definition) is 1. The molecule has 3 aromatic rings. The van der Waals surface area contributed by atoms with Gasteiger partial charge in [-0.05, 0) is 30.3 Å². The molecule has 98 valence electrons. The zero-order valence-electron chi connectivity index (χ0n) is 10.7. The molecule has 0 aliphatic heterocycles. The highest BCUT2D eigenvalue weighted by Gasteiger charge is 2.08. The Bertz CT molecular complexity index is 776. The van der Waals surface area contributed by atoms with Crippen LogP contribution >= 0.6 is 0 Å². The second kappa shape index (κ2) is 5.01. The van der Waals surface area contributed by atoms with Gasteiger partial charge in [-0.2, -0.15) is 0 Å². The lowest BCUT2D eigenvalue weighted by Crippen LogP contribution is -2.06. The molecule has 4 nitrogen and oxygen atoms in total. The molecule has 20 heavy (non-hydrogen) atoms. The van der Waals surface area contributed by atoms with Crippen molar-refractivity contribution >= 4 is 22.7 Å². The molecule has 0 unspecified atom stereocenters. The summed E-state index contributed by atoms with van der Waals surface area (Å²) in [6, 6.07) is 15.0. The summed E-state index contributed by atoms with van der Waals surface area (Å²) in [4.78, 5) is 15.7. The number of oxazole rings is 1. The number of carbonyl (C=O) groups is 1. The standard InChI is InChI=1S/C16H12N2O2/c1-2-15(19)17-12-8-9-13-14(10-12)20-16(18-13)11-6-4-3-5-7-11/h2-10H,1H2,(H,17,19). The van der Waals surface area contributed by atoms with Crippen LogP contribution in [0.1, 0.15) is 0 Å². The molecule has 3 rings (SSSR count).